The molecule has 3 amide bonds. The van der Waals surface area contributed by atoms with Crippen molar-refractivity contribution < 1.29 is 23.9 Å². The molecule has 3 aliphatic heterocycles. The summed E-state index contributed by atoms with van der Waals surface area (Å²) in [5.74, 6) is 0.928. The minimum absolute atomic E-state index is 0.0870. The fourth-order valence-electron chi connectivity index (χ4n) is 6.11. The van der Waals surface area contributed by atoms with Crippen LogP contribution in [0.1, 0.15) is 56.0 Å². The van der Waals surface area contributed by atoms with Crippen LogP contribution in [0.5, 0.6) is 5.75 Å². The third kappa shape index (κ3) is 4.04. The molecule has 1 aromatic rings. The Bertz CT molecular complexity index is 959. The van der Waals surface area contributed by atoms with Crippen molar-refractivity contribution in [2.24, 2.45) is 11.8 Å². The standard InChI is InChI=1S/C25H33N3O5/c1-4-32-18-12-27(13-18)22-14(2)9-15(3)23(22)33-17-5-6-19-16(10-17)11-28(25(19)31)20-7-8-21(29)26-24(20)30/h5-6,10,14-15,18,20,22-23H,4,7-9,11-13H2,1-3H3,(H,26,29,30)/t14-,15+,20?,22+,23+/m1/s1. The summed E-state index contributed by atoms with van der Waals surface area (Å²) >= 11 is 0. The molecule has 0 aromatic heterocycles. The molecule has 0 bridgehead atoms. The van der Waals surface area contributed by atoms with Crippen molar-refractivity contribution >= 4 is 17.7 Å². The molecule has 4 aliphatic rings. The third-order valence-electron chi connectivity index (χ3n) is 7.69. The quantitative estimate of drug-likeness (QED) is 0.660. The van der Waals surface area contributed by atoms with Gasteiger partial charge in [-0.1, -0.05) is 13.8 Å². The minimum atomic E-state index is -0.600. The maximum absolute atomic E-state index is 12.9. The highest BCUT2D eigenvalue weighted by Gasteiger charge is 2.47. The molecule has 5 rings (SSSR count). The normalized spacial score (nSPS) is 32.6. The first kappa shape index (κ1) is 22.3. The van der Waals surface area contributed by atoms with Crippen molar-refractivity contribution in [3.05, 3.63) is 29.3 Å². The number of piperidine rings is 1. The van der Waals surface area contributed by atoms with Gasteiger partial charge in [0.15, 0.2) is 0 Å². The SMILES string of the molecule is CCOC1CN([C@@H]2[C@@H](Oc3ccc4c(c3)CN(C3CCC(=O)NC3=O)C4=O)[C@@H](C)C[C@H]2C)C1. The lowest BCUT2D eigenvalue weighted by Gasteiger charge is -2.46. The Hall–Kier alpha value is -2.45. The van der Waals surface area contributed by atoms with Crippen LogP contribution in [0.3, 0.4) is 0 Å². The Balaban J connectivity index is 1.29. The Kier molecular flexibility index (Phi) is 5.91. The summed E-state index contributed by atoms with van der Waals surface area (Å²) in [6.45, 7) is 9.61. The molecule has 0 spiro atoms. The van der Waals surface area contributed by atoms with Crippen LogP contribution < -0.4 is 10.1 Å². The van der Waals surface area contributed by atoms with Gasteiger partial charge in [0.05, 0.1) is 6.10 Å². The molecular formula is C25H33N3O5. The average Bonchev–Trinajstić information content (AvgIpc) is 3.20. The highest BCUT2D eigenvalue weighted by Crippen LogP contribution is 2.40. The van der Waals surface area contributed by atoms with Crippen LogP contribution in [-0.2, 0) is 20.9 Å². The van der Waals surface area contributed by atoms with E-state index in [4.69, 9.17) is 9.47 Å². The lowest BCUT2D eigenvalue weighted by atomic mass is 9.98. The molecule has 1 aromatic carbocycles. The summed E-state index contributed by atoms with van der Waals surface area (Å²) in [5, 5.41) is 2.35. The number of benzene rings is 1. The van der Waals surface area contributed by atoms with Gasteiger partial charge in [-0.3, -0.25) is 24.6 Å². The second-order valence-electron chi connectivity index (χ2n) is 10.0. The van der Waals surface area contributed by atoms with Crippen LogP contribution in [-0.4, -0.2) is 71.5 Å². The number of hydrogen-bond acceptors (Lipinski definition) is 6. The van der Waals surface area contributed by atoms with Gasteiger partial charge in [-0.15, -0.1) is 0 Å². The Labute approximate surface area is 194 Å². The second-order valence-corrected chi connectivity index (χ2v) is 10.0. The summed E-state index contributed by atoms with van der Waals surface area (Å²) < 4.78 is 12.3. The highest BCUT2D eigenvalue weighted by molar-refractivity contribution is 6.05. The van der Waals surface area contributed by atoms with Gasteiger partial charge in [0, 0.05) is 44.3 Å². The predicted octanol–water partition coefficient (Wildman–Crippen LogP) is 1.96. The van der Waals surface area contributed by atoms with Crippen LogP contribution in [0.25, 0.3) is 0 Å². The Morgan fingerprint density at radius 3 is 2.64 bits per heavy atom. The lowest BCUT2D eigenvalue weighted by molar-refractivity contribution is -0.136. The minimum Gasteiger partial charge on any atom is -0.489 e. The number of imide groups is 1. The number of fused-ring (bicyclic) bond motifs is 1. The average molecular weight is 456 g/mol. The predicted molar refractivity (Wildman–Crippen MR) is 121 cm³/mol. The first-order valence-electron chi connectivity index (χ1n) is 12.2. The first-order chi connectivity index (χ1) is 15.9. The van der Waals surface area contributed by atoms with Crippen molar-refractivity contribution in [3.8, 4) is 5.75 Å². The van der Waals surface area contributed by atoms with E-state index in [0.29, 0.717) is 42.5 Å². The van der Waals surface area contributed by atoms with E-state index in [2.05, 4.69) is 24.1 Å². The fourth-order valence-corrected chi connectivity index (χ4v) is 6.11. The molecule has 2 saturated heterocycles. The Morgan fingerprint density at radius 1 is 1.12 bits per heavy atom. The van der Waals surface area contributed by atoms with Crippen molar-refractivity contribution in [1.82, 2.24) is 15.1 Å². The maximum Gasteiger partial charge on any atom is 0.255 e. The number of amides is 3. The van der Waals surface area contributed by atoms with Crippen LogP contribution in [0.2, 0.25) is 0 Å². The zero-order valence-electron chi connectivity index (χ0n) is 19.6. The number of carbonyl (C=O) groups excluding carboxylic acids is 3. The van der Waals surface area contributed by atoms with E-state index in [1.807, 2.05) is 25.1 Å². The van der Waals surface area contributed by atoms with E-state index in [1.165, 1.54) is 0 Å². The van der Waals surface area contributed by atoms with Crippen molar-refractivity contribution in [1.29, 1.82) is 0 Å². The van der Waals surface area contributed by atoms with Crippen LogP contribution >= 0.6 is 0 Å². The number of likely N-dealkylation sites (tertiary alicyclic amines) is 1. The van der Waals surface area contributed by atoms with E-state index in [0.717, 1.165) is 37.4 Å². The van der Waals surface area contributed by atoms with Crippen LogP contribution in [0.15, 0.2) is 18.2 Å². The molecule has 1 saturated carbocycles. The number of carbonyl (C=O) groups is 3. The molecular weight excluding hydrogens is 422 g/mol. The molecule has 3 heterocycles. The zero-order chi connectivity index (χ0) is 23.3. The van der Waals surface area contributed by atoms with E-state index >= 15 is 0 Å². The van der Waals surface area contributed by atoms with Gasteiger partial charge in [-0.2, -0.15) is 0 Å². The van der Waals surface area contributed by atoms with Crippen LogP contribution in [0, 0.1) is 11.8 Å². The van der Waals surface area contributed by atoms with Gasteiger partial charge < -0.3 is 14.4 Å². The fraction of sp³-hybridized carbons (Fsp3) is 0.640. The molecule has 1 aliphatic carbocycles. The second kappa shape index (κ2) is 8.72. The topological polar surface area (TPSA) is 88.2 Å². The summed E-state index contributed by atoms with van der Waals surface area (Å²) in [6, 6.07) is 5.39. The monoisotopic (exact) mass is 455 g/mol. The summed E-state index contributed by atoms with van der Waals surface area (Å²) in [6.07, 6.45) is 2.15. The number of hydrogen-bond donors (Lipinski definition) is 1. The smallest absolute Gasteiger partial charge is 0.255 e. The number of rotatable bonds is 6. The lowest BCUT2D eigenvalue weighted by Crippen LogP contribution is -2.60. The molecule has 178 valence electrons. The molecule has 33 heavy (non-hydrogen) atoms. The van der Waals surface area contributed by atoms with Gasteiger partial charge >= 0.3 is 0 Å². The molecule has 8 nitrogen and oxygen atoms in total. The van der Waals surface area contributed by atoms with Gasteiger partial charge in [0.25, 0.3) is 5.91 Å². The van der Waals surface area contributed by atoms with Crippen LogP contribution in [0.4, 0.5) is 0 Å². The van der Waals surface area contributed by atoms with E-state index < -0.39 is 6.04 Å². The largest absolute Gasteiger partial charge is 0.489 e. The first-order valence-corrected chi connectivity index (χ1v) is 12.2. The Morgan fingerprint density at radius 2 is 1.91 bits per heavy atom. The summed E-state index contributed by atoms with van der Waals surface area (Å²) in [7, 11) is 0. The van der Waals surface area contributed by atoms with E-state index in [1.54, 1.807) is 4.90 Å². The molecule has 5 atom stereocenters. The van der Waals surface area contributed by atoms with Crippen molar-refractivity contribution in [2.75, 3.05) is 19.7 Å². The van der Waals surface area contributed by atoms with E-state index in [-0.39, 0.29) is 30.2 Å². The zero-order valence-corrected chi connectivity index (χ0v) is 19.6. The highest BCUT2D eigenvalue weighted by atomic mass is 16.5. The van der Waals surface area contributed by atoms with Gasteiger partial charge in [0.1, 0.15) is 17.9 Å². The van der Waals surface area contributed by atoms with Gasteiger partial charge in [0.2, 0.25) is 11.8 Å². The van der Waals surface area contributed by atoms with Crippen molar-refractivity contribution in [3.63, 3.8) is 0 Å². The van der Waals surface area contributed by atoms with Gasteiger partial charge in [-0.05, 0) is 55.4 Å². The molecule has 0 radical (unpaired) electrons. The molecule has 1 unspecified atom stereocenters. The number of nitrogens with zero attached hydrogens (tertiary/aromatic N) is 2. The molecule has 3 fully saturated rings. The third-order valence-corrected chi connectivity index (χ3v) is 7.69. The summed E-state index contributed by atoms with van der Waals surface area (Å²) in [5.41, 5.74) is 1.48. The van der Waals surface area contributed by atoms with Crippen molar-refractivity contribution in [2.45, 2.75) is 70.9 Å². The number of ether oxygens (including phenoxy) is 2. The molecule has 8 heteroatoms. The maximum atomic E-state index is 12.9. The van der Waals surface area contributed by atoms with Gasteiger partial charge in [-0.25, -0.2) is 0 Å². The van der Waals surface area contributed by atoms with E-state index in [9.17, 15) is 14.4 Å². The number of nitrogens with one attached hydrogen (secondary N) is 1. The molecule has 1 N–H and O–H groups in total. The summed E-state index contributed by atoms with van der Waals surface area (Å²) in [4.78, 5) is 40.8.